The number of hydrogen-bond donors (Lipinski definition) is 1. The summed E-state index contributed by atoms with van der Waals surface area (Å²) in [5.74, 6) is -0.288. The molecule has 0 radical (unpaired) electrons. The summed E-state index contributed by atoms with van der Waals surface area (Å²) in [6.07, 6.45) is -0.260. The van der Waals surface area contributed by atoms with Gasteiger partial charge < -0.3 is 19.5 Å². The molecule has 1 aromatic carbocycles. The molecule has 2 aliphatic rings. The zero-order valence-corrected chi connectivity index (χ0v) is 12.3. The second-order valence-corrected chi connectivity index (χ2v) is 5.55. The van der Waals surface area contributed by atoms with Crippen LogP contribution in [-0.2, 0) is 4.74 Å². The molecule has 1 N–H and O–H groups in total. The minimum Gasteiger partial charge on any atom is -0.478 e. The molecule has 0 spiro atoms. The van der Waals surface area contributed by atoms with Crippen LogP contribution in [0, 0.1) is 0 Å². The molecule has 1 fully saturated rings. The topological polar surface area (TPSA) is 62.2 Å². The van der Waals surface area contributed by atoms with Crippen LogP contribution in [0.25, 0.3) is 0 Å². The van der Waals surface area contributed by atoms with Crippen molar-refractivity contribution in [2.24, 2.45) is 0 Å². The fourth-order valence-corrected chi connectivity index (χ4v) is 2.90. The van der Waals surface area contributed by atoms with E-state index < -0.39 is 5.97 Å². The number of carboxylic acids is 1. The second-order valence-electron chi connectivity index (χ2n) is 5.55. The van der Waals surface area contributed by atoms with Crippen molar-refractivity contribution in [3.8, 4) is 5.75 Å². The zero-order chi connectivity index (χ0) is 15.0. The Bertz CT molecular complexity index is 540. The summed E-state index contributed by atoms with van der Waals surface area (Å²) in [5, 5.41) is 9.43. The lowest BCUT2D eigenvalue weighted by Gasteiger charge is -2.38. The number of nitrogens with zero attached hydrogens (tertiary/aromatic N) is 2. The molecule has 0 aromatic heterocycles. The standard InChI is InChI=1S/C15H20N2O4/c1-10(2)17-13-11(14(18)19)4-3-5-12(13)21-15(17)16-6-8-20-9-7-16/h3-5,10,15H,6-9H2,1-2H3,(H,18,19). The van der Waals surface area contributed by atoms with Crippen molar-refractivity contribution in [1.82, 2.24) is 4.90 Å². The number of benzene rings is 1. The monoisotopic (exact) mass is 292 g/mol. The summed E-state index contributed by atoms with van der Waals surface area (Å²) >= 11 is 0. The van der Waals surface area contributed by atoms with Crippen LogP contribution >= 0.6 is 0 Å². The normalized spacial score (nSPS) is 22.2. The van der Waals surface area contributed by atoms with Gasteiger partial charge >= 0.3 is 5.97 Å². The fraction of sp³-hybridized carbons (Fsp3) is 0.533. The molecule has 6 heteroatoms. The molecule has 0 bridgehead atoms. The van der Waals surface area contributed by atoms with Crippen LogP contribution in [0.4, 0.5) is 5.69 Å². The molecule has 2 aliphatic heterocycles. The molecule has 114 valence electrons. The average molecular weight is 292 g/mol. The van der Waals surface area contributed by atoms with Crippen LogP contribution in [0.3, 0.4) is 0 Å². The van der Waals surface area contributed by atoms with E-state index in [2.05, 4.69) is 4.90 Å². The Labute approximate surface area is 123 Å². The highest BCUT2D eigenvalue weighted by atomic mass is 16.5. The largest absolute Gasteiger partial charge is 0.478 e. The molecule has 0 amide bonds. The van der Waals surface area contributed by atoms with Crippen molar-refractivity contribution >= 4 is 11.7 Å². The smallest absolute Gasteiger partial charge is 0.337 e. The highest BCUT2D eigenvalue weighted by Crippen LogP contribution is 2.42. The third-order valence-electron chi connectivity index (χ3n) is 3.87. The number of hydrogen-bond acceptors (Lipinski definition) is 5. The van der Waals surface area contributed by atoms with E-state index >= 15 is 0 Å². The lowest BCUT2D eigenvalue weighted by atomic mass is 10.1. The van der Waals surface area contributed by atoms with Crippen LogP contribution in [0.5, 0.6) is 5.75 Å². The van der Waals surface area contributed by atoms with Crippen molar-refractivity contribution in [2.75, 3.05) is 31.2 Å². The number of carbonyl (C=O) groups is 1. The number of fused-ring (bicyclic) bond motifs is 1. The first-order chi connectivity index (χ1) is 10.1. The molecule has 1 atom stereocenters. The van der Waals surface area contributed by atoms with Crippen LogP contribution in [0.2, 0.25) is 0 Å². The highest BCUT2D eigenvalue weighted by Gasteiger charge is 2.39. The minimum atomic E-state index is -0.927. The van der Waals surface area contributed by atoms with E-state index in [0.29, 0.717) is 24.7 Å². The van der Waals surface area contributed by atoms with Gasteiger partial charge in [-0.2, -0.15) is 0 Å². The van der Waals surface area contributed by atoms with Gasteiger partial charge in [-0.05, 0) is 26.0 Å². The Balaban J connectivity index is 1.99. The Morgan fingerprint density at radius 3 is 2.67 bits per heavy atom. The summed E-state index contributed by atoms with van der Waals surface area (Å²) in [5.41, 5.74) is 0.966. The van der Waals surface area contributed by atoms with Crippen LogP contribution in [0.15, 0.2) is 18.2 Å². The van der Waals surface area contributed by atoms with E-state index in [9.17, 15) is 9.90 Å². The van der Waals surface area contributed by atoms with Gasteiger partial charge in [-0.25, -0.2) is 9.69 Å². The first-order valence-corrected chi connectivity index (χ1v) is 7.22. The lowest BCUT2D eigenvalue weighted by Crippen LogP contribution is -2.55. The van der Waals surface area contributed by atoms with E-state index in [-0.39, 0.29) is 18.0 Å². The van der Waals surface area contributed by atoms with Crippen molar-refractivity contribution in [3.63, 3.8) is 0 Å². The zero-order valence-electron chi connectivity index (χ0n) is 12.3. The molecule has 1 saturated heterocycles. The van der Waals surface area contributed by atoms with E-state index in [4.69, 9.17) is 9.47 Å². The number of carboxylic acid groups (broad SMARTS) is 1. The molecule has 3 rings (SSSR count). The maximum atomic E-state index is 11.5. The fourth-order valence-electron chi connectivity index (χ4n) is 2.90. The summed E-state index contributed by atoms with van der Waals surface area (Å²) in [4.78, 5) is 15.7. The van der Waals surface area contributed by atoms with Crippen molar-refractivity contribution in [1.29, 1.82) is 0 Å². The van der Waals surface area contributed by atoms with Crippen LogP contribution in [-0.4, -0.2) is 54.7 Å². The molecule has 1 unspecified atom stereocenters. The van der Waals surface area contributed by atoms with Gasteiger partial charge in [-0.3, -0.25) is 0 Å². The van der Waals surface area contributed by atoms with Crippen LogP contribution < -0.4 is 9.64 Å². The molecule has 0 saturated carbocycles. The third-order valence-corrected chi connectivity index (χ3v) is 3.87. The molecular weight excluding hydrogens is 272 g/mol. The molecule has 6 nitrogen and oxygen atoms in total. The van der Waals surface area contributed by atoms with E-state index in [0.717, 1.165) is 13.1 Å². The summed E-state index contributed by atoms with van der Waals surface area (Å²) in [6, 6.07) is 5.32. The minimum absolute atomic E-state index is 0.139. The van der Waals surface area contributed by atoms with Gasteiger partial charge in [0.05, 0.1) is 24.5 Å². The van der Waals surface area contributed by atoms with Gasteiger partial charge in [0, 0.05) is 19.1 Å². The lowest BCUT2D eigenvalue weighted by molar-refractivity contribution is -0.0404. The molecule has 1 aromatic rings. The van der Waals surface area contributed by atoms with Gasteiger partial charge in [-0.1, -0.05) is 6.07 Å². The number of morpholine rings is 1. The third kappa shape index (κ3) is 2.45. The number of aromatic carboxylic acids is 1. The Hall–Kier alpha value is -1.79. The van der Waals surface area contributed by atoms with E-state index in [1.54, 1.807) is 12.1 Å². The molecule has 2 heterocycles. The Morgan fingerprint density at radius 2 is 2.05 bits per heavy atom. The van der Waals surface area contributed by atoms with E-state index in [1.165, 1.54) is 0 Å². The van der Waals surface area contributed by atoms with Crippen LogP contribution in [0.1, 0.15) is 24.2 Å². The first-order valence-electron chi connectivity index (χ1n) is 7.22. The predicted octanol–water partition coefficient (Wildman–Crippen LogP) is 1.61. The quantitative estimate of drug-likeness (QED) is 0.913. The first kappa shape index (κ1) is 14.2. The molecular formula is C15H20N2O4. The number of anilines is 1. The summed E-state index contributed by atoms with van der Waals surface area (Å²) < 4.78 is 11.4. The maximum absolute atomic E-state index is 11.5. The number of para-hydroxylation sites is 1. The van der Waals surface area contributed by atoms with Gasteiger partial charge in [0.25, 0.3) is 0 Å². The number of ether oxygens (including phenoxy) is 2. The Kier molecular flexibility index (Phi) is 3.73. The molecule has 21 heavy (non-hydrogen) atoms. The SMILES string of the molecule is CC(C)N1c2c(cccc2C(=O)O)OC1N1CCOCC1. The van der Waals surface area contributed by atoms with Crippen molar-refractivity contribution in [3.05, 3.63) is 23.8 Å². The van der Waals surface area contributed by atoms with Gasteiger partial charge in [0.1, 0.15) is 5.75 Å². The van der Waals surface area contributed by atoms with Gasteiger partial charge in [0.2, 0.25) is 6.35 Å². The van der Waals surface area contributed by atoms with Crippen molar-refractivity contribution in [2.45, 2.75) is 26.2 Å². The predicted molar refractivity (Wildman–Crippen MR) is 77.8 cm³/mol. The summed E-state index contributed by atoms with van der Waals surface area (Å²) in [7, 11) is 0. The Morgan fingerprint density at radius 1 is 1.33 bits per heavy atom. The van der Waals surface area contributed by atoms with E-state index in [1.807, 2.05) is 24.8 Å². The second kappa shape index (κ2) is 5.54. The van der Waals surface area contributed by atoms with Crippen molar-refractivity contribution < 1.29 is 19.4 Å². The average Bonchev–Trinajstić information content (AvgIpc) is 2.87. The maximum Gasteiger partial charge on any atom is 0.337 e. The van der Waals surface area contributed by atoms with Gasteiger partial charge in [-0.15, -0.1) is 0 Å². The van der Waals surface area contributed by atoms with Gasteiger partial charge in [0.15, 0.2) is 0 Å². The highest BCUT2D eigenvalue weighted by molar-refractivity contribution is 5.97. The number of rotatable bonds is 3. The molecule has 0 aliphatic carbocycles. The summed E-state index contributed by atoms with van der Waals surface area (Å²) in [6.45, 7) is 7.01.